The first-order valence-corrected chi connectivity index (χ1v) is 10.5. The lowest BCUT2D eigenvalue weighted by Gasteiger charge is -2.13. The zero-order chi connectivity index (χ0) is 21.7. The van der Waals surface area contributed by atoms with Gasteiger partial charge >= 0.3 is 0 Å². The van der Waals surface area contributed by atoms with Crippen LogP contribution in [0.4, 0.5) is 10.5 Å². The van der Waals surface area contributed by atoms with Gasteiger partial charge in [0.2, 0.25) is 5.91 Å². The Kier molecular flexibility index (Phi) is 6.95. The van der Waals surface area contributed by atoms with Crippen LogP contribution < -0.4 is 10.1 Å². The molecular formula is C23H24N2O4S. The second-order valence-corrected chi connectivity index (χ2v) is 8.03. The summed E-state index contributed by atoms with van der Waals surface area (Å²) in [5, 5.41) is 2.28. The number of aryl methyl sites for hydroxylation is 2. The van der Waals surface area contributed by atoms with Crippen molar-refractivity contribution in [2.45, 2.75) is 27.2 Å². The molecule has 0 unspecified atom stereocenters. The number of carbonyl (C=O) groups is 3. The van der Waals surface area contributed by atoms with E-state index in [-0.39, 0.29) is 6.54 Å². The number of nitrogens with one attached hydrogen (secondary N) is 1. The Morgan fingerprint density at radius 2 is 1.83 bits per heavy atom. The Hall–Kier alpha value is -3.06. The summed E-state index contributed by atoms with van der Waals surface area (Å²) >= 11 is 0.835. The third-order valence-electron chi connectivity index (χ3n) is 4.62. The van der Waals surface area contributed by atoms with Crippen molar-refractivity contribution >= 4 is 40.6 Å². The number of nitrogens with zero attached hydrogens (tertiary/aromatic N) is 1. The number of hydrogen-bond acceptors (Lipinski definition) is 5. The van der Waals surface area contributed by atoms with Crippen molar-refractivity contribution in [1.29, 1.82) is 0 Å². The van der Waals surface area contributed by atoms with Crippen LogP contribution in [-0.4, -0.2) is 35.1 Å². The van der Waals surface area contributed by atoms with Crippen LogP contribution >= 0.6 is 11.8 Å². The Balaban J connectivity index is 1.64. The van der Waals surface area contributed by atoms with Gasteiger partial charge in [0.25, 0.3) is 11.1 Å². The largest absolute Gasteiger partial charge is 0.494 e. The highest BCUT2D eigenvalue weighted by Gasteiger charge is 2.36. The van der Waals surface area contributed by atoms with E-state index in [2.05, 4.69) is 5.32 Å². The summed E-state index contributed by atoms with van der Waals surface area (Å²) in [4.78, 5) is 38.5. The average molecular weight is 425 g/mol. The molecule has 1 heterocycles. The summed E-state index contributed by atoms with van der Waals surface area (Å²) in [6.45, 7) is 6.29. The normalized spacial score (nSPS) is 15.0. The van der Waals surface area contributed by atoms with E-state index in [9.17, 15) is 14.4 Å². The molecule has 1 fully saturated rings. The minimum atomic E-state index is -0.466. The highest BCUT2D eigenvalue weighted by molar-refractivity contribution is 8.18. The number of thioether (sulfide) groups is 1. The van der Waals surface area contributed by atoms with Crippen molar-refractivity contribution < 1.29 is 19.1 Å². The maximum absolute atomic E-state index is 12.6. The fourth-order valence-electron chi connectivity index (χ4n) is 2.83. The highest BCUT2D eigenvalue weighted by atomic mass is 32.2. The summed E-state index contributed by atoms with van der Waals surface area (Å²) in [6.07, 6.45) is 2.57. The third-order valence-corrected chi connectivity index (χ3v) is 5.52. The predicted octanol–water partition coefficient (Wildman–Crippen LogP) is 4.77. The summed E-state index contributed by atoms with van der Waals surface area (Å²) in [5.74, 6) is -0.129. The number of anilines is 1. The van der Waals surface area contributed by atoms with E-state index in [1.807, 2.05) is 57.2 Å². The molecule has 156 valence electrons. The first-order chi connectivity index (χ1) is 14.4. The molecule has 3 amide bonds. The van der Waals surface area contributed by atoms with E-state index in [1.165, 1.54) is 0 Å². The number of benzene rings is 2. The highest BCUT2D eigenvalue weighted by Crippen LogP contribution is 2.32. The first kappa shape index (κ1) is 21.6. The number of imide groups is 1. The number of ether oxygens (including phenoxy) is 1. The molecule has 2 aromatic rings. The Bertz CT molecular complexity index is 999. The van der Waals surface area contributed by atoms with Crippen molar-refractivity contribution in [3.05, 3.63) is 64.1 Å². The maximum atomic E-state index is 12.6. The molecule has 2 aromatic carbocycles. The zero-order valence-electron chi connectivity index (χ0n) is 17.2. The Morgan fingerprint density at radius 1 is 1.10 bits per heavy atom. The van der Waals surface area contributed by atoms with Crippen LogP contribution in [0.3, 0.4) is 0 Å². The summed E-state index contributed by atoms with van der Waals surface area (Å²) in [7, 11) is 0. The molecule has 1 saturated heterocycles. The van der Waals surface area contributed by atoms with Crippen LogP contribution in [0.5, 0.6) is 5.75 Å². The van der Waals surface area contributed by atoms with Gasteiger partial charge in [0.15, 0.2) is 0 Å². The summed E-state index contributed by atoms with van der Waals surface area (Å²) in [5.41, 5.74) is 3.59. The second kappa shape index (κ2) is 9.63. The Labute approximate surface area is 180 Å². The van der Waals surface area contributed by atoms with Gasteiger partial charge < -0.3 is 10.1 Å². The van der Waals surface area contributed by atoms with Crippen LogP contribution in [0.2, 0.25) is 0 Å². The number of hydrogen-bond donors (Lipinski definition) is 1. The molecule has 1 N–H and O–H groups in total. The molecule has 30 heavy (non-hydrogen) atoms. The SMILES string of the molecule is CCCOc1ccc(/C=C2\SC(=O)N(CC(=O)Nc3ccc(C)c(C)c3)C2=O)cc1. The first-order valence-electron chi connectivity index (χ1n) is 9.72. The lowest BCUT2D eigenvalue weighted by Crippen LogP contribution is -2.36. The number of amides is 3. The molecule has 0 bridgehead atoms. The lowest BCUT2D eigenvalue weighted by molar-refractivity contribution is -0.127. The van der Waals surface area contributed by atoms with E-state index < -0.39 is 17.1 Å². The van der Waals surface area contributed by atoms with Crippen LogP contribution in [0, 0.1) is 13.8 Å². The van der Waals surface area contributed by atoms with Gasteiger partial charge in [-0.1, -0.05) is 25.1 Å². The van der Waals surface area contributed by atoms with Gasteiger partial charge in [-0.15, -0.1) is 0 Å². The van der Waals surface area contributed by atoms with Crippen LogP contribution in [0.1, 0.15) is 30.0 Å². The minimum Gasteiger partial charge on any atom is -0.494 e. The van der Waals surface area contributed by atoms with Gasteiger partial charge in [0.1, 0.15) is 12.3 Å². The van der Waals surface area contributed by atoms with Gasteiger partial charge in [0.05, 0.1) is 11.5 Å². The quantitative estimate of drug-likeness (QED) is 0.648. The maximum Gasteiger partial charge on any atom is 0.294 e. The number of carbonyl (C=O) groups excluding carboxylic acids is 3. The third kappa shape index (κ3) is 5.30. The van der Waals surface area contributed by atoms with E-state index in [1.54, 1.807) is 12.1 Å². The molecule has 1 aliphatic rings. The van der Waals surface area contributed by atoms with Crippen molar-refractivity contribution in [2.75, 3.05) is 18.5 Å². The van der Waals surface area contributed by atoms with Gasteiger partial charge in [-0.2, -0.15) is 0 Å². The molecule has 0 aromatic heterocycles. The second-order valence-electron chi connectivity index (χ2n) is 7.03. The summed E-state index contributed by atoms with van der Waals surface area (Å²) in [6, 6.07) is 12.9. The smallest absolute Gasteiger partial charge is 0.294 e. The van der Waals surface area contributed by atoms with Crippen LogP contribution in [-0.2, 0) is 9.59 Å². The fraction of sp³-hybridized carbons (Fsp3) is 0.261. The fourth-order valence-corrected chi connectivity index (χ4v) is 3.67. The van der Waals surface area contributed by atoms with Gasteiger partial charge in [0, 0.05) is 5.69 Å². The number of rotatable bonds is 7. The molecule has 3 rings (SSSR count). The zero-order valence-corrected chi connectivity index (χ0v) is 18.0. The molecule has 1 aliphatic heterocycles. The average Bonchev–Trinajstić information content (AvgIpc) is 2.97. The van der Waals surface area contributed by atoms with Crippen molar-refractivity contribution in [3.8, 4) is 5.75 Å². The van der Waals surface area contributed by atoms with Crippen molar-refractivity contribution in [2.24, 2.45) is 0 Å². The molecule has 0 atom stereocenters. The predicted molar refractivity (Wildman–Crippen MR) is 119 cm³/mol. The van der Waals surface area contributed by atoms with Crippen molar-refractivity contribution in [1.82, 2.24) is 4.90 Å². The molecule has 0 saturated carbocycles. The molecule has 0 aliphatic carbocycles. The topological polar surface area (TPSA) is 75.7 Å². The van der Waals surface area contributed by atoms with E-state index in [0.29, 0.717) is 17.2 Å². The van der Waals surface area contributed by atoms with Crippen LogP contribution in [0.25, 0.3) is 6.08 Å². The minimum absolute atomic E-state index is 0.293. The van der Waals surface area contributed by atoms with Gasteiger partial charge in [-0.3, -0.25) is 19.3 Å². The molecular weight excluding hydrogens is 400 g/mol. The molecule has 0 spiro atoms. The molecule has 0 radical (unpaired) electrons. The molecule has 7 heteroatoms. The standard InChI is InChI=1S/C23H24N2O4S/c1-4-11-29-19-9-6-17(7-10-19)13-20-22(27)25(23(28)30-20)14-21(26)24-18-8-5-15(2)16(3)12-18/h5-10,12-13H,4,11,14H2,1-3H3,(H,24,26)/b20-13-. The van der Waals surface area contributed by atoms with E-state index >= 15 is 0 Å². The Morgan fingerprint density at radius 3 is 2.50 bits per heavy atom. The van der Waals surface area contributed by atoms with Gasteiger partial charge in [-0.05, 0) is 79.1 Å². The van der Waals surface area contributed by atoms with Gasteiger partial charge in [-0.25, -0.2) is 0 Å². The molecule has 6 nitrogen and oxygen atoms in total. The van der Waals surface area contributed by atoms with Crippen LogP contribution in [0.15, 0.2) is 47.4 Å². The lowest BCUT2D eigenvalue weighted by atomic mass is 10.1. The monoisotopic (exact) mass is 424 g/mol. The van der Waals surface area contributed by atoms with E-state index in [4.69, 9.17) is 4.74 Å². The van der Waals surface area contributed by atoms with E-state index in [0.717, 1.165) is 45.5 Å². The van der Waals surface area contributed by atoms with Crippen molar-refractivity contribution in [3.63, 3.8) is 0 Å². The summed E-state index contributed by atoms with van der Waals surface area (Å²) < 4.78 is 5.54.